The third-order valence-corrected chi connectivity index (χ3v) is 3.53. The molecule has 7 heteroatoms. The SMILES string of the molecule is CC(C)n1nnc(-c2ccc(C(=O)NCCc3ccco3)cc2)n1. The first-order chi connectivity index (χ1) is 11.6. The molecule has 0 aliphatic carbocycles. The molecule has 0 aliphatic heterocycles. The van der Waals surface area contributed by atoms with Crippen molar-refractivity contribution in [1.82, 2.24) is 25.5 Å². The Morgan fingerprint density at radius 3 is 2.67 bits per heavy atom. The molecule has 3 rings (SSSR count). The molecule has 1 N–H and O–H groups in total. The Bertz CT molecular complexity index is 791. The average molecular weight is 325 g/mol. The van der Waals surface area contributed by atoms with Gasteiger partial charge >= 0.3 is 0 Å². The van der Waals surface area contributed by atoms with E-state index < -0.39 is 0 Å². The predicted molar refractivity (Wildman–Crippen MR) is 88.4 cm³/mol. The maximum atomic E-state index is 12.1. The number of carbonyl (C=O) groups excluding carboxylic acids is 1. The summed E-state index contributed by atoms with van der Waals surface area (Å²) in [6, 6.07) is 11.0. The number of nitrogens with one attached hydrogen (secondary N) is 1. The number of rotatable bonds is 6. The van der Waals surface area contributed by atoms with E-state index in [2.05, 4.69) is 20.7 Å². The van der Waals surface area contributed by atoms with Gasteiger partial charge in [-0.05, 0) is 43.3 Å². The first-order valence-electron chi connectivity index (χ1n) is 7.84. The summed E-state index contributed by atoms with van der Waals surface area (Å²) in [5.74, 6) is 1.28. The van der Waals surface area contributed by atoms with Gasteiger partial charge in [0.2, 0.25) is 5.82 Å². The minimum absolute atomic E-state index is 0.119. The van der Waals surface area contributed by atoms with Crippen LogP contribution in [0.25, 0.3) is 11.4 Å². The highest BCUT2D eigenvalue weighted by molar-refractivity contribution is 5.94. The van der Waals surface area contributed by atoms with Crippen LogP contribution in [-0.2, 0) is 6.42 Å². The molecular weight excluding hydrogens is 306 g/mol. The highest BCUT2D eigenvalue weighted by Gasteiger charge is 2.10. The van der Waals surface area contributed by atoms with Crippen LogP contribution in [-0.4, -0.2) is 32.7 Å². The molecule has 0 atom stereocenters. The largest absolute Gasteiger partial charge is 0.469 e. The Morgan fingerprint density at radius 1 is 1.25 bits per heavy atom. The fourth-order valence-electron chi connectivity index (χ4n) is 2.19. The molecule has 0 unspecified atom stereocenters. The van der Waals surface area contributed by atoms with E-state index in [-0.39, 0.29) is 11.9 Å². The maximum Gasteiger partial charge on any atom is 0.251 e. The van der Waals surface area contributed by atoms with Gasteiger partial charge in [0, 0.05) is 24.1 Å². The van der Waals surface area contributed by atoms with E-state index in [1.807, 2.05) is 38.1 Å². The van der Waals surface area contributed by atoms with Crippen molar-refractivity contribution in [1.29, 1.82) is 0 Å². The van der Waals surface area contributed by atoms with Crippen LogP contribution in [0.2, 0.25) is 0 Å². The lowest BCUT2D eigenvalue weighted by Crippen LogP contribution is -2.25. The van der Waals surface area contributed by atoms with Crippen LogP contribution in [0.5, 0.6) is 0 Å². The number of hydrogen-bond donors (Lipinski definition) is 1. The van der Waals surface area contributed by atoms with Crippen molar-refractivity contribution in [2.75, 3.05) is 6.54 Å². The van der Waals surface area contributed by atoms with Gasteiger partial charge in [-0.3, -0.25) is 4.79 Å². The third-order valence-electron chi connectivity index (χ3n) is 3.53. The number of amides is 1. The van der Waals surface area contributed by atoms with Crippen LogP contribution in [0.15, 0.2) is 47.1 Å². The Labute approximate surface area is 139 Å². The molecule has 24 heavy (non-hydrogen) atoms. The van der Waals surface area contributed by atoms with E-state index >= 15 is 0 Å². The number of benzene rings is 1. The summed E-state index contributed by atoms with van der Waals surface area (Å²) in [6.07, 6.45) is 2.29. The molecule has 3 aromatic rings. The molecule has 0 aliphatic rings. The van der Waals surface area contributed by atoms with Gasteiger partial charge in [0.25, 0.3) is 5.91 Å². The topological polar surface area (TPSA) is 85.8 Å². The summed E-state index contributed by atoms with van der Waals surface area (Å²) in [4.78, 5) is 13.7. The number of aromatic nitrogens is 4. The molecule has 7 nitrogen and oxygen atoms in total. The van der Waals surface area contributed by atoms with Gasteiger partial charge in [-0.15, -0.1) is 10.2 Å². The molecule has 0 spiro atoms. The van der Waals surface area contributed by atoms with Crippen molar-refractivity contribution in [3.8, 4) is 11.4 Å². The summed E-state index contributed by atoms with van der Waals surface area (Å²) < 4.78 is 5.23. The minimum atomic E-state index is -0.119. The molecule has 0 radical (unpaired) electrons. The van der Waals surface area contributed by atoms with Crippen LogP contribution >= 0.6 is 0 Å². The molecule has 0 saturated heterocycles. The van der Waals surface area contributed by atoms with Crippen LogP contribution < -0.4 is 5.32 Å². The highest BCUT2D eigenvalue weighted by atomic mass is 16.3. The number of carbonyl (C=O) groups is 1. The second-order valence-corrected chi connectivity index (χ2v) is 5.69. The van der Waals surface area contributed by atoms with Crippen molar-refractivity contribution in [2.45, 2.75) is 26.3 Å². The molecule has 0 saturated carbocycles. The Morgan fingerprint density at radius 2 is 2.04 bits per heavy atom. The van der Waals surface area contributed by atoms with Crippen molar-refractivity contribution in [2.24, 2.45) is 0 Å². The summed E-state index contributed by atoms with van der Waals surface area (Å²) in [6.45, 7) is 4.50. The highest BCUT2D eigenvalue weighted by Crippen LogP contribution is 2.15. The molecule has 2 heterocycles. The second kappa shape index (κ2) is 7.08. The van der Waals surface area contributed by atoms with E-state index in [0.29, 0.717) is 24.4 Å². The smallest absolute Gasteiger partial charge is 0.251 e. The Balaban J connectivity index is 1.59. The van der Waals surface area contributed by atoms with E-state index in [9.17, 15) is 4.79 Å². The lowest BCUT2D eigenvalue weighted by Gasteiger charge is -2.04. The first kappa shape index (κ1) is 15.9. The normalized spacial score (nSPS) is 11.0. The maximum absolute atomic E-state index is 12.1. The van der Waals surface area contributed by atoms with Gasteiger partial charge in [-0.1, -0.05) is 12.1 Å². The van der Waals surface area contributed by atoms with Gasteiger partial charge in [0.15, 0.2) is 0 Å². The zero-order valence-electron chi connectivity index (χ0n) is 13.6. The van der Waals surface area contributed by atoms with Gasteiger partial charge in [-0.2, -0.15) is 4.80 Å². The quantitative estimate of drug-likeness (QED) is 0.752. The van der Waals surface area contributed by atoms with Crippen molar-refractivity contribution >= 4 is 5.91 Å². The van der Waals surface area contributed by atoms with Crippen LogP contribution in [0.3, 0.4) is 0 Å². The van der Waals surface area contributed by atoms with E-state index in [0.717, 1.165) is 11.3 Å². The van der Waals surface area contributed by atoms with Crippen LogP contribution in [0.1, 0.15) is 36.0 Å². The van der Waals surface area contributed by atoms with E-state index in [1.54, 1.807) is 23.2 Å². The summed E-state index contributed by atoms with van der Waals surface area (Å²) in [7, 11) is 0. The second-order valence-electron chi connectivity index (χ2n) is 5.69. The van der Waals surface area contributed by atoms with Gasteiger partial charge in [0.05, 0.1) is 12.3 Å². The van der Waals surface area contributed by atoms with Gasteiger partial charge in [-0.25, -0.2) is 0 Å². The summed E-state index contributed by atoms with van der Waals surface area (Å²) in [5.41, 5.74) is 1.42. The van der Waals surface area contributed by atoms with E-state index in [1.165, 1.54) is 0 Å². The monoisotopic (exact) mass is 325 g/mol. The number of nitrogens with zero attached hydrogens (tertiary/aromatic N) is 4. The van der Waals surface area contributed by atoms with Crippen LogP contribution in [0, 0.1) is 0 Å². The molecule has 1 amide bonds. The molecule has 2 aromatic heterocycles. The molecule has 0 bridgehead atoms. The van der Waals surface area contributed by atoms with Crippen LogP contribution in [0.4, 0.5) is 0 Å². The number of hydrogen-bond acceptors (Lipinski definition) is 5. The molecule has 124 valence electrons. The standard InChI is InChI=1S/C17H19N5O2/c1-12(2)22-20-16(19-21-22)13-5-7-14(8-6-13)17(23)18-10-9-15-4-3-11-24-15/h3-8,11-12H,9-10H2,1-2H3,(H,18,23). The van der Waals surface area contributed by atoms with Crippen molar-refractivity contribution in [3.05, 3.63) is 54.0 Å². The zero-order chi connectivity index (χ0) is 16.9. The minimum Gasteiger partial charge on any atom is -0.469 e. The predicted octanol–water partition coefficient (Wildman–Crippen LogP) is 2.49. The number of tetrazole rings is 1. The lowest BCUT2D eigenvalue weighted by molar-refractivity contribution is 0.0953. The van der Waals surface area contributed by atoms with Crippen molar-refractivity contribution < 1.29 is 9.21 Å². The molecule has 0 fully saturated rings. The van der Waals surface area contributed by atoms with Gasteiger partial charge < -0.3 is 9.73 Å². The summed E-state index contributed by atoms with van der Waals surface area (Å²) >= 11 is 0. The Kier molecular flexibility index (Phi) is 4.69. The molecular formula is C17H19N5O2. The number of furan rings is 1. The zero-order valence-corrected chi connectivity index (χ0v) is 13.6. The van der Waals surface area contributed by atoms with E-state index in [4.69, 9.17) is 4.42 Å². The third kappa shape index (κ3) is 3.68. The van der Waals surface area contributed by atoms with Crippen molar-refractivity contribution in [3.63, 3.8) is 0 Å². The fraction of sp³-hybridized carbons (Fsp3) is 0.294. The fourth-order valence-corrected chi connectivity index (χ4v) is 2.19. The average Bonchev–Trinajstić information content (AvgIpc) is 3.26. The first-order valence-corrected chi connectivity index (χ1v) is 7.84. The lowest BCUT2D eigenvalue weighted by atomic mass is 10.1. The molecule has 1 aromatic carbocycles. The Hall–Kier alpha value is -2.96. The summed E-state index contributed by atoms with van der Waals surface area (Å²) in [5, 5.41) is 15.2. The van der Waals surface area contributed by atoms with Gasteiger partial charge in [0.1, 0.15) is 5.76 Å².